The molecule has 0 N–H and O–H groups in total. The minimum absolute atomic E-state index is 0.523. The van der Waals surface area contributed by atoms with Crippen LogP contribution < -0.4 is 0 Å². The molecular formula is C14H14BrClN2S. The molecule has 2 heterocycles. The molecule has 1 aliphatic carbocycles. The molecular weight excluding hydrogens is 344 g/mol. The summed E-state index contributed by atoms with van der Waals surface area (Å²) in [5.74, 6) is 1.28. The second-order valence-corrected chi connectivity index (χ2v) is 7.37. The molecule has 19 heavy (non-hydrogen) atoms. The van der Waals surface area contributed by atoms with Gasteiger partial charge in [-0.15, -0.1) is 11.3 Å². The van der Waals surface area contributed by atoms with E-state index < -0.39 is 0 Å². The van der Waals surface area contributed by atoms with Crippen LogP contribution in [0.3, 0.4) is 0 Å². The third-order valence-corrected chi connectivity index (χ3v) is 5.82. The van der Waals surface area contributed by atoms with Crippen molar-refractivity contribution in [2.75, 3.05) is 0 Å². The summed E-state index contributed by atoms with van der Waals surface area (Å²) >= 11 is 11.5. The molecule has 2 aromatic rings. The molecule has 1 fully saturated rings. The second kappa shape index (κ2) is 5.51. The summed E-state index contributed by atoms with van der Waals surface area (Å²) in [5, 5.41) is 0.526. The standard InChI is InChI=1S/C14H14BrClN2S/c1-8-6-7-10(19-8)14-17-12(9-4-2-3-5-9)11(15)13(16)18-14/h6-7,9H,2-5H2,1H3. The van der Waals surface area contributed by atoms with E-state index >= 15 is 0 Å². The maximum absolute atomic E-state index is 6.26. The van der Waals surface area contributed by atoms with Crippen LogP contribution in [0.2, 0.25) is 5.15 Å². The summed E-state index contributed by atoms with van der Waals surface area (Å²) in [4.78, 5) is 11.5. The van der Waals surface area contributed by atoms with Gasteiger partial charge in [0, 0.05) is 10.8 Å². The van der Waals surface area contributed by atoms with Crippen LogP contribution in [0, 0.1) is 6.92 Å². The fourth-order valence-electron chi connectivity index (χ4n) is 2.57. The van der Waals surface area contributed by atoms with E-state index in [9.17, 15) is 0 Å². The van der Waals surface area contributed by atoms with Crippen LogP contribution in [0.4, 0.5) is 0 Å². The van der Waals surface area contributed by atoms with Crippen molar-refractivity contribution in [1.29, 1.82) is 0 Å². The molecule has 1 aliphatic rings. The number of aromatic nitrogens is 2. The number of rotatable bonds is 2. The van der Waals surface area contributed by atoms with E-state index in [4.69, 9.17) is 16.6 Å². The molecule has 0 saturated heterocycles. The van der Waals surface area contributed by atoms with Crippen LogP contribution >= 0.6 is 38.9 Å². The molecule has 5 heteroatoms. The number of aryl methyl sites for hydroxylation is 1. The van der Waals surface area contributed by atoms with E-state index in [0.29, 0.717) is 11.1 Å². The maximum atomic E-state index is 6.26. The van der Waals surface area contributed by atoms with E-state index in [2.05, 4.69) is 40.0 Å². The van der Waals surface area contributed by atoms with Crippen molar-refractivity contribution in [2.45, 2.75) is 38.5 Å². The van der Waals surface area contributed by atoms with Crippen LogP contribution in [-0.4, -0.2) is 9.97 Å². The van der Waals surface area contributed by atoms with Gasteiger partial charge in [0.05, 0.1) is 15.0 Å². The molecule has 0 amide bonds. The first-order valence-electron chi connectivity index (χ1n) is 6.45. The molecule has 0 aliphatic heterocycles. The fraction of sp³-hybridized carbons (Fsp3) is 0.429. The Hall–Kier alpha value is -0.450. The highest BCUT2D eigenvalue weighted by Crippen LogP contribution is 2.40. The van der Waals surface area contributed by atoms with Gasteiger partial charge in [-0.2, -0.15) is 0 Å². The Morgan fingerprint density at radius 3 is 2.63 bits per heavy atom. The number of hydrogen-bond donors (Lipinski definition) is 0. The summed E-state index contributed by atoms with van der Waals surface area (Å²) in [6.45, 7) is 2.09. The van der Waals surface area contributed by atoms with Crippen molar-refractivity contribution in [3.8, 4) is 10.7 Å². The summed E-state index contributed by atoms with van der Waals surface area (Å²) < 4.78 is 0.873. The number of nitrogens with zero attached hydrogens (tertiary/aromatic N) is 2. The normalized spacial score (nSPS) is 16.2. The first-order chi connectivity index (χ1) is 9.15. The molecule has 2 aromatic heterocycles. The molecule has 3 rings (SSSR count). The summed E-state index contributed by atoms with van der Waals surface area (Å²) in [6.07, 6.45) is 4.97. The van der Waals surface area contributed by atoms with Crippen LogP contribution in [0.25, 0.3) is 10.7 Å². The van der Waals surface area contributed by atoms with Crippen molar-refractivity contribution in [3.63, 3.8) is 0 Å². The molecule has 0 atom stereocenters. The molecule has 100 valence electrons. The molecule has 0 radical (unpaired) electrons. The summed E-state index contributed by atoms with van der Waals surface area (Å²) in [5.41, 5.74) is 1.08. The van der Waals surface area contributed by atoms with Gasteiger partial charge in [0.1, 0.15) is 5.15 Å². The van der Waals surface area contributed by atoms with Gasteiger partial charge in [0.15, 0.2) is 5.82 Å². The molecule has 1 saturated carbocycles. The molecule has 0 unspecified atom stereocenters. The average Bonchev–Trinajstić information content (AvgIpc) is 3.03. The Bertz CT molecular complexity index is 605. The van der Waals surface area contributed by atoms with E-state index in [-0.39, 0.29) is 0 Å². The summed E-state index contributed by atoms with van der Waals surface area (Å²) in [6, 6.07) is 4.16. The lowest BCUT2D eigenvalue weighted by Crippen LogP contribution is -2.02. The maximum Gasteiger partial charge on any atom is 0.171 e. The van der Waals surface area contributed by atoms with Gasteiger partial charge in [-0.05, 0) is 47.8 Å². The van der Waals surface area contributed by atoms with Gasteiger partial charge in [-0.1, -0.05) is 24.4 Å². The van der Waals surface area contributed by atoms with Crippen molar-refractivity contribution in [1.82, 2.24) is 9.97 Å². The van der Waals surface area contributed by atoms with E-state index in [1.165, 1.54) is 30.6 Å². The molecule has 2 nitrogen and oxygen atoms in total. The van der Waals surface area contributed by atoms with Gasteiger partial charge in [0.2, 0.25) is 0 Å². The van der Waals surface area contributed by atoms with Gasteiger partial charge in [-0.3, -0.25) is 0 Å². The quantitative estimate of drug-likeness (QED) is 0.655. The van der Waals surface area contributed by atoms with Crippen molar-refractivity contribution < 1.29 is 0 Å². The monoisotopic (exact) mass is 356 g/mol. The topological polar surface area (TPSA) is 25.8 Å². The lowest BCUT2D eigenvalue weighted by Gasteiger charge is -2.12. The Kier molecular flexibility index (Phi) is 3.92. The van der Waals surface area contributed by atoms with Gasteiger partial charge in [-0.25, -0.2) is 9.97 Å². The zero-order chi connectivity index (χ0) is 13.4. The highest BCUT2D eigenvalue weighted by Gasteiger charge is 2.24. The number of hydrogen-bond acceptors (Lipinski definition) is 3. The summed E-state index contributed by atoms with van der Waals surface area (Å²) in [7, 11) is 0. The minimum atomic E-state index is 0.523. The van der Waals surface area contributed by atoms with E-state index in [1.807, 2.05) is 0 Å². The first-order valence-corrected chi connectivity index (χ1v) is 8.43. The Labute approximate surface area is 130 Å². The Morgan fingerprint density at radius 2 is 2.00 bits per heavy atom. The highest BCUT2D eigenvalue weighted by molar-refractivity contribution is 9.10. The molecule has 0 aromatic carbocycles. The zero-order valence-electron chi connectivity index (χ0n) is 10.6. The van der Waals surface area contributed by atoms with E-state index in [0.717, 1.165) is 20.9 Å². The highest BCUT2D eigenvalue weighted by atomic mass is 79.9. The fourth-order valence-corrected chi connectivity index (χ4v) is 4.05. The Balaban J connectivity index is 2.06. The van der Waals surface area contributed by atoms with Crippen LogP contribution in [0.1, 0.15) is 42.2 Å². The van der Waals surface area contributed by atoms with Crippen molar-refractivity contribution in [2.24, 2.45) is 0 Å². The van der Waals surface area contributed by atoms with Gasteiger partial charge in [0.25, 0.3) is 0 Å². The lowest BCUT2D eigenvalue weighted by atomic mass is 10.0. The van der Waals surface area contributed by atoms with Crippen molar-refractivity contribution >= 4 is 38.9 Å². The zero-order valence-corrected chi connectivity index (χ0v) is 13.8. The third kappa shape index (κ3) is 2.71. The predicted molar refractivity (Wildman–Crippen MR) is 84.0 cm³/mol. The molecule has 0 bridgehead atoms. The Morgan fingerprint density at radius 1 is 1.26 bits per heavy atom. The van der Waals surface area contributed by atoms with Gasteiger partial charge >= 0.3 is 0 Å². The number of thiophene rings is 1. The van der Waals surface area contributed by atoms with Gasteiger partial charge < -0.3 is 0 Å². The smallest absolute Gasteiger partial charge is 0.171 e. The second-order valence-electron chi connectivity index (χ2n) is 4.93. The van der Waals surface area contributed by atoms with Crippen molar-refractivity contribution in [3.05, 3.63) is 32.3 Å². The van der Waals surface area contributed by atoms with Crippen LogP contribution in [0.15, 0.2) is 16.6 Å². The SMILES string of the molecule is Cc1ccc(-c2nc(Cl)c(Br)c(C3CCCC3)n2)s1. The molecule has 0 spiro atoms. The van der Waals surface area contributed by atoms with Crippen LogP contribution in [0.5, 0.6) is 0 Å². The largest absolute Gasteiger partial charge is 0.231 e. The predicted octanol–water partition coefficient (Wildman–Crippen LogP) is 5.59. The van der Waals surface area contributed by atoms with Crippen LogP contribution in [-0.2, 0) is 0 Å². The number of halogens is 2. The third-order valence-electron chi connectivity index (χ3n) is 3.54. The average molecular weight is 358 g/mol. The minimum Gasteiger partial charge on any atom is -0.231 e. The lowest BCUT2D eigenvalue weighted by molar-refractivity contribution is 0.691. The van der Waals surface area contributed by atoms with E-state index in [1.54, 1.807) is 11.3 Å². The first kappa shape index (κ1) is 13.5.